The van der Waals surface area contributed by atoms with E-state index in [1.54, 1.807) is 31.2 Å². The van der Waals surface area contributed by atoms with Crippen LogP contribution >= 0.6 is 11.8 Å². The summed E-state index contributed by atoms with van der Waals surface area (Å²) in [7, 11) is 0. The van der Waals surface area contributed by atoms with Crippen molar-refractivity contribution in [1.82, 2.24) is 0 Å². The van der Waals surface area contributed by atoms with Gasteiger partial charge in [0.05, 0.1) is 16.4 Å². The highest BCUT2D eigenvalue weighted by atomic mass is 32.2. The monoisotopic (exact) mass is 435 g/mol. The maximum Gasteiger partial charge on any atom is 0.271 e. The lowest BCUT2D eigenvalue weighted by molar-refractivity contribution is -0.384. The Morgan fingerprint density at radius 1 is 0.935 bits per heavy atom. The van der Waals surface area contributed by atoms with Gasteiger partial charge in [-0.2, -0.15) is 0 Å². The third-order valence-corrected chi connectivity index (χ3v) is 5.59. The zero-order valence-corrected chi connectivity index (χ0v) is 17.9. The molecule has 0 aliphatic rings. The summed E-state index contributed by atoms with van der Waals surface area (Å²) >= 11 is 1.33. The van der Waals surface area contributed by atoms with Crippen LogP contribution in [0.4, 0.5) is 17.1 Å². The third-order valence-electron chi connectivity index (χ3n) is 4.58. The van der Waals surface area contributed by atoms with E-state index in [1.807, 2.05) is 37.3 Å². The van der Waals surface area contributed by atoms with Crippen LogP contribution in [0.1, 0.15) is 21.5 Å². The third kappa shape index (κ3) is 5.93. The van der Waals surface area contributed by atoms with E-state index in [1.165, 1.54) is 23.9 Å². The smallest absolute Gasteiger partial charge is 0.271 e. The highest BCUT2D eigenvalue weighted by molar-refractivity contribution is 8.00. The van der Waals surface area contributed by atoms with Crippen molar-refractivity contribution in [3.8, 4) is 0 Å². The summed E-state index contributed by atoms with van der Waals surface area (Å²) in [6, 6.07) is 18.9. The number of anilines is 2. The Morgan fingerprint density at radius 3 is 2.32 bits per heavy atom. The van der Waals surface area contributed by atoms with Crippen molar-refractivity contribution in [3.05, 3.63) is 93.5 Å². The fourth-order valence-corrected chi connectivity index (χ4v) is 3.55. The molecule has 0 bridgehead atoms. The van der Waals surface area contributed by atoms with Crippen LogP contribution in [0.3, 0.4) is 0 Å². The van der Waals surface area contributed by atoms with E-state index >= 15 is 0 Å². The number of thioether (sulfide) groups is 1. The highest BCUT2D eigenvalue weighted by Gasteiger charge is 2.12. The van der Waals surface area contributed by atoms with Crippen LogP contribution < -0.4 is 10.6 Å². The molecule has 0 aliphatic carbocycles. The SMILES string of the molecule is Cc1ccc([N+](=O)[O-])cc1NC(=O)CSc1ccc(NC(=O)c2ccccc2C)cc1. The second-order valence-electron chi connectivity index (χ2n) is 6.89. The van der Waals surface area contributed by atoms with E-state index in [0.717, 1.165) is 16.0 Å². The van der Waals surface area contributed by atoms with Crippen molar-refractivity contribution in [1.29, 1.82) is 0 Å². The molecule has 158 valence electrons. The van der Waals surface area contributed by atoms with Gasteiger partial charge in [-0.25, -0.2) is 0 Å². The number of hydrogen-bond acceptors (Lipinski definition) is 5. The van der Waals surface area contributed by atoms with Crippen molar-refractivity contribution in [2.75, 3.05) is 16.4 Å². The molecule has 7 nitrogen and oxygen atoms in total. The molecular weight excluding hydrogens is 414 g/mol. The summed E-state index contributed by atoms with van der Waals surface area (Å²) in [5, 5.41) is 16.5. The molecule has 0 spiro atoms. The number of amides is 2. The van der Waals surface area contributed by atoms with E-state index < -0.39 is 4.92 Å². The van der Waals surface area contributed by atoms with Gasteiger partial charge >= 0.3 is 0 Å². The normalized spacial score (nSPS) is 10.4. The lowest BCUT2D eigenvalue weighted by Gasteiger charge is -2.09. The van der Waals surface area contributed by atoms with E-state index in [2.05, 4.69) is 10.6 Å². The quantitative estimate of drug-likeness (QED) is 0.302. The molecule has 0 saturated heterocycles. The van der Waals surface area contributed by atoms with Gasteiger partial charge in [0, 0.05) is 28.3 Å². The number of hydrogen-bond donors (Lipinski definition) is 2. The van der Waals surface area contributed by atoms with E-state index in [4.69, 9.17) is 0 Å². The lowest BCUT2D eigenvalue weighted by Crippen LogP contribution is -2.15. The maximum atomic E-state index is 12.4. The van der Waals surface area contributed by atoms with Crippen molar-refractivity contribution < 1.29 is 14.5 Å². The average Bonchev–Trinajstić information content (AvgIpc) is 2.75. The fraction of sp³-hybridized carbons (Fsp3) is 0.130. The lowest BCUT2D eigenvalue weighted by atomic mass is 10.1. The fourth-order valence-electron chi connectivity index (χ4n) is 2.85. The number of rotatable bonds is 7. The Balaban J connectivity index is 1.55. The number of benzene rings is 3. The zero-order valence-electron chi connectivity index (χ0n) is 17.0. The predicted molar refractivity (Wildman–Crippen MR) is 123 cm³/mol. The summed E-state index contributed by atoms with van der Waals surface area (Å²) in [4.78, 5) is 35.9. The van der Waals surface area contributed by atoms with Crippen LogP contribution in [0, 0.1) is 24.0 Å². The van der Waals surface area contributed by atoms with Crippen molar-refractivity contribution in [2.24, 2.45) is 0 Å². The van der Waals surface area contributed by atoms with Crippen LogP contribution in [-0.4, -0.2) is 22.5 Å². The highest BCUT2D eigenvalue weighted by Crippen LogP contribution is 2.24. The number of nitrogens with zero attached hydrogens (tertiary/aromatic N) is 1. The van der Waals surface area contributed by atoms with Crippen molar-refractivity contribution in [3.63, 3.8) is 0 Å². The van der Waals surface area contributed by atoms with E-state index in [9.17, 15) is 19.7 Å². The van der Waals surface area contributed by atoms with Crippen LogP contribution in [-0.2, 0) is 4.79 Å². The second kappa shape index (κ2) is 9.90. The molecule has 0 radical (unpaired) electrons. The standard InChI is InChI=1S/C23H21N3O4S/c1-15-5-3-4-6-20(15)23(28)24-17-8-11-19(12-9-17)31-14-22(27)25-21-13-18(26(29)30)10-7-16(21)2/h3-13H,14H2,1-2H3,(H,24,28)(H,25,27). The first kappa shape index (κ1) is 22.0. The molecule has 0 unspecified atom stereocenters. The minimum absolute atomic E-state index is 0.0723. The first-order valence-corrected chi connectivity index (χ1v) is 10.5. The van der Waals surface area contributed by atoms with Gasteiger partial charge in [0.25, 0.3) is 11.6 Å². The van der Waals surface area contributed by atoms with Gasteiger partial charge in [0.15, 0.2) is 0 Å². The first-order valence-electron chi connectivity index (χ1n) is 9.48. The summed E-state index contributed by atoms with van der Waals surface area (Å²) in [6.45, 7) is 3.66. The molecule has 0 aliphatic heterocycles. The number of nitro benzene ring substituents is 1. The van der Waals surface area contributed by atoms with Crippen LogP contribution in [0.2, 0.25) is 0 Å². The summed E-state index contributed by atoms with van der Waals surface area (Å²) in [5.74, 6) is -0.285. The molecule has 0 aromatic heterocycles. The Hall–Kier alpha value is -3.65. The predicted octanol–water partition coefficient (Wildman–Crippen LogP) is 5.19. The van der Waals surface area contributed by atoms with Crippen molar-refractivity contribution >= 4 is 40.6 Å². The Bertz CT molecular complexity index is 1130. The molecule has 0 atom stereocenters. The van der Waals surface area contributed by atoms with Gasteiger partial charge in [0.1, 0.15) is 0 Å². The molecule has 2 amide bonds. The molecule has 0 fully saturated rings. The maximum absolute atomic E-state index is 12.4. The van der Waals surface area contributed by atoms with E-state index in [0.29, 0.717) is 16.9 Å². The second-order valence-corrected chi connectivity index (χ2v) is 7.94. The van der Waals surface area contributed by atoms with Crippen LogP contribution in [0.5, 0.6) is 0 Å². The molecule has 3 rings (SSSR count). The number of carbonyl (C=O) groups is 2. The van der Waals surface area contributed by atoms with Gasteiger partial charge in [-0.1, -0.05) is 24.3 Å². The number of carbonyl (C=O) groups excluding carboxylic acids is 2. The van der Waals surface area contributed by atoms with Crippen LogP contribution in [0.15, 0.2) is 71.6 Å². The molecule has 8 heteroatoms. The Kier molecular flexibility index (Phi) is 7.04. The molecule has 3 aromatic rings. The summed E-state index contributed by atoms with van der Waals surface area (Å²) in [6.07, 6.45) is 0. The van der Waals surface area contributed by atoms with Crippen molar-refractivity contribution in [2.45, 2.75) is 18.7 Å². The minimum atomic E-state index is -0.497. The summed E-state index contributed by atoms with van der Waals surface area (Å²) < 4.78 is 0. The average molecular weight is 436 g/mol. The number of nitrogens with one attached hydrogen (secondary N) is 2. The molecule has 0 heterocycles. The number of aryl methyl sites for hydroxylation is 2. The van der Waals surface area contributed by atoms with Gasteiger partial charge in [0.2, 0.25) is 5.91 Å². The van der Waals surface area contributed by atoms with Gasteiger partial charge in [-0.15, -0.1) is 11.8 Å². The molecule has 3 aromatic carbocycles. The van der Waals surface area contributed by atoms with E-state index in [-0.39, 0.29) is 23.3 Å². The first-order chi connectivity index (χ1) is 14.8. The van der Waals surface area contributed by atoms with Crippen LogP contribution in [0.25, 0.3) is 0 Å². The number of nitro groups is 1. The Labute approximate surface area is 184 Å². The topological polar surface area (TPSA) is 101 Å². The van der Waals surface area contributed by atoms with Gasteiger partial charge in [-0.3, -0.25) is 19.7 Å². The largest absolute Gasteiger partial charge is 0.325 e. The van der Waals surface area contributed by atoms with Gasteiger partial charge in [-0.05, 0) is 55.3 Å². The number of non-ortho nitro benzene ring substituents is 1. The molecular formula is C23H21N3O4S. The zero-order chi connectivity index (χ0) is 22.4. The Morgan fingerprint density at radius 2 is 1.65 bits per heavy atom. The molecule has 0 saturated carbocycles. The summed E-state index contributed by atoms with van der Waals surface area (Å²) in [5.41, 5.74) is 3.28. The van der Waals surface area contributed by atoms with Gasteiger partial charge < -0.3 is 10.6 Å². The molecule has 2 N–H and O–H groups in total. The molecule has 31 heavy (non-hydrogen) atoms. The minimum Gasteiger partial charge on any atom is -0.325 e.